The molecule has 8 heteroatoms. The number of rotatable bonds is 5. The van der Waals surface area contributed by atoms with Crippen molar-refractivity contribution >= 4 is 22.9 Å². The van der Waals surface area contributed by atoms with Gasteiger partial charge in [0.2, 0.25) is 0 Å². The molecule has 0 unspecified atom stereocenters. The van der Waals surface area contributed by atoms with Crippen LogP contribution in [0.5, 0.6) is 0 Å². The first-order valence-corrected chi connectivity index (χ1v) is 9.04. The fourth-order valence-corrected chi connectivity index (χ4v) is 3.07. The molecule has 4 aromatic rings. The van der Waals surface area contributed by atoms with Gasteiger partial charge in [-0.15, -0.1) is 0 Å². The molecule has 0 radical (unpaired) electrons. The Kier molecular flexibility index (Phi) is 4.74. The number of anilines is 1. The van der Waals surface area contributed by atoms with E-state index in [1.807, 2.05) is 24.3 Å². The van der Waals surface area contributed by atoms with Gasteiger partial charge in [0.15, 0.2) is 5.65 Å². The Bertz CT molecular complexity index is 1210. The van der Waals surface area contributed by atoms with Crippen molar-refractivity contribution in [3.63, 3.8) is 0 Å². The normalized spacial score (nSPS) is 10.8. The molecule has 0 fully saturated rings. The second-order valence-electron chi connectivity index (χ2n) is 6.44. The fraction of sp³-hybridized carbons (Fsp3) is 0.0952. The quantitative estimate of drug-likeness (QED) is 0.410. The number of nitrogens with one attached hydrogen (secondary N) is 1. The molecule has 1 N–H and O–H groups in total. The third kappa shape index (κ3) is 3.55. The van der Waals surface area contributed by atoms with Crippen molar-refractivity contribution in [1.82, 2.24) is 14.6 Å². The number of aryl methyl sites for hydroxylation is 1. The number of carbonyl (C=O) groups excluding carboxylic acids is 1. The summed E-state index contributed by atoms with van der Waals surface area (Å²) in [6.07, 6.45) is 3.92. The Labute approximate surface area is 166 Å². The molecule has 29 heavy (non-hydrogen) atoms. The third-order valence-corrected chi connectivity index (χ3v) is 4.62. The molecule has 1 amide bonds. The number of hydrogen-bond donors (Lipinski definition) is 1. The minimum absolute atomic E-state index is 0.0203. The lowest BCUT2D eigenvalue weighted by molar-refractivity contribution is -0.384. The van der Waals surface area contributed by atoms with Crippen LogP contribution in [0.4, 0.5) is 11.4 Å². The number of fused-ring (bicyclic) bond motifs is 1. The first-order valence-electron chi connectivity index (χ1n) is 9.04. The molecule has 4 rings (SSSR count). The zero-order chi connectivity index (χ0) is 20.4. The summed E-state index contributed by atoms with van der Waals surface area (Å²) in [6, 6.07) is 15.6. The summed E-state index contributed by atoms with van der Waals surface area (Å²) in [4.78, 5) is 27.6. The van der Waals surface area contributed by atoms with Crippen molar-refractivity contribution < 1.29 is 9.72 Å². The van der Waals surface area contributed by atoms with E-state index in [1.54, 1.807) is 24.4 Å². The summed E-state index contributed by atoms with van der Waals surface area (Å²) < 4.78 is 1.51. The van der Waals surface area contributed by atoms with Crippen molar-refractivity contribution in [1.29, 1.82) is 0 Å². The number of nitro groups is 1. The summed E-state index contributed by atoms with van der Waals surface area (Å²) in [5.41, 5.74) is 3.74. The second-order valence-corrected chi connectivity index (χ2v) is 6.44. The van der Waals surface area contributed by atoms with Crippen molar-refractivity contribution in [2.24, 2.45) is 0 Å². The van der Waals surface area contributed by atoms with Crippen molar-refractivity contribution in [2.45, 2.75) is 13.3 Å². The molecule has 0 aliphatic carbocycles. The van der Waals surface area contributed by atoms with E-state index < -0.39 is 4.92 Å². The Morgan fingerprint density at radius 2 is 1.97 bits per heavy atom. The zero-order valence-electron chi connectivity index (χ0n) is 15.6. The van der Waals surface area contributed by atoms with Gasteiger partial charge in [-0.25, -0.2) is 9.50 Å². The van der Waals surface area contributed by atoms with Gasteiger partial charge in [0.25, 0.3) is 11.6 Å². The van der Waals surface area contributed by atoms with Gasteiger partial charge in [-0.2, -0.15) is 5.10 Å². The molecule has 2 heterocycles. The van der Waals surface area contributed by atoms with Gasteiger partial charge in [-0.3, -0.25) is 14.9 Å². The van der Waals surface area contributed by atoms with Crippen LogP contribution in [0.25, 0.3) is 16.9 Å². The van der Waals surface area contributed by atoms with Crippen LogP contribution in [0, 0.1) is 10.1 Å². The average Bonchev–Trinajstić information content (AvgIpc) is 3.19. The molecule has 0 atom stereocenters. The highest BCUT2D eigenvalue weighted by molar-refractivity contribution is 6.08. The Morgan fingerprint density at radius 1 is 1.17 bits per heavy atom. The van der Waals surface area contributed by atoms with Gasteiger partial charge >= 0.3 is 0 Å². The number of non-ortho nitro benzene ring substituents is 1. The predicted molar refractivity (Wildman–Crippen MR) is 109 cm³/mol. The summed E-state index contributed by atoms with van der Waals surface area (Å²) in [6.45, 7) is 2.07. The number of benzene rings is 2. The van der Waals surface area contributed by atoms with E-state index in [-0.39, 0.29) is 11.6 Å². The Morgan fingerprint density at radius 3 is 2.69 bits per heavy atom. The molecule has 8 nitrogen and oxygen atoms in total. The zero-order valence-corrected chi connectivity index (χ0v) is 15.6. The molecular formula is C21H17N5O3. The second kappa shape index (κ2) is 7.51. The van der Waals surface area contributed by atoms with Crippen LogP contribution < -0.4 is 5.32 Å². The molecule has 0 saturated carbocycles. The maximum atomic E-state index is 12.7. The number of hydrogen-bond acceptors (Lipinski definition) is 5. The molecule has 0 spiro atoms. The molecule has 2 aromatic heterocycles. The highest BCUT2D eigenvalue weighted by Crippen LogP contribution is 2.25. The molecule has 0 saturated heterocycles. The summed E-state index contributed by atoms with van der Waals surface area (Å²) in [5, 5.41) is 18.2. The topological polar surface area (TPSA) is 102 Å². The molecular weight excluding hydrogens is 370 g/mol. The number of amides is 1. The van der Waals surface area contributed by atoms with Gasteiger partial charge in [0.05, 0.1) is 16.8 Å². The SMILES string of the molecule is CCc1ccc(NC(=O)c2cnn3c(-c4cccc([N+](=O)[O-])c4)ccnc23)cc1. The smallest absolute Gasteiger partial charge is 0.270 e. The van der Waals surface area contributed by atoms with E-state index >= 15 is 0 Å². The summed E-state index contributed by atoms with van der Waals surface area (Å²) in [7, 11) is 0. The van der Waals surface area contributed by atoms with E-state index in [1.165, 1.54) is 28.4 Å². The van der Waals surface area contributed by atoms with Crippen LogP contribution >= 0.6 is 0 Å². The maximum Gasteiger partial charge on any atom is 0.270 e. The molecule has 2 aromatic carbocycles. The lowest BCUT2D eigenvalue weighted by atomic mass is 10.1. The number of aromatic nitrogens is 3. The minimum Gasteiger partial charge on any atom is -0.322 e. The third-order valence-electron chi connectivity index (χ3n) is 4.62. The van der Waals surface area contributed by atoms with Crippen LogP contribution in [-0.4, -0.2) is 25.4 Å². The van der Waals surface area contributed by atoms with Gasteiger partial charge in [-0.05, 0) is 30.2 Å². The number of carbonyl (C=O) groups is 1. The van der Waals surface area contributed by atoms with Crippen LogP contribution in [0.2, 0.25) is 0 Å². The van der Waals surface area contributed by atoms with Gasteiger partial charge in [0.1, 0.15) is 5.56 Å². The Balaban J connectivity index is 1.69. The number of nitrogens with zero attached hydrogens (tertiary/aromatic N) is 4. The fourth-order valence-electron chi connectivity index (χ4n) is 3.07. The van der Waals surface area contributed by atoms with E-state index in [0.717, 1.165) is 6.42 Å². The molecule has 0 aliphatic rings. The Hall–Kier alpha value is -4.07. The van der Waals surface area contributed by atoms with Gasteiger partial charge < -0.3 is 5.32 Å². The highest BCUT2D eigenvalue weighted by atomic mass is 16.6. The van der Waals surface area contributed by atoms with Gasteiger partial charge in [0, 0.05) is 29.6 Å². The average molecular weight is 387 g/mol. The standard InChI is InChI=1S/C21H17N5O3/c1-2-14-6-8-16(9-7-14)24-21(27)18-13-23-25-19(10-11-22-20(18)25)15-4-3-5-17(12-15)26(28)29/h3-13H,2H2,1H3,(H,24,27). The van der Waals surface area contributed by atoms with E-state index in [2.05, 4.69) is 22.3 Å². The van der Waals surface area contributed by atoms with E-state index in [4.69, 9.17) is 0 Å². The molecule has 144 valence electrons. The lowest BCUT2D eigenvalue weighted by Crippen LogP contribution is -2.12. The van der Waals surface area contributed by atoms with Crippen molar-refractivity contribution in [2.75, 3.05) is 5.32 Å². The minimum atomic E-state index is -0.451. The van der Waals surface area contributed by atoms with Crippen molar-refractivity contribution in [3.05, 3.63) is 88.2 Å². The first-order chi connectivity index (χ1) is 14.1. The van der Waals surface area contributed by atoms with Crippen LogP contribution in [0.1, 0.15) is 22.8 Å². The van der Waals surface area contributed by atoms with Crippen LogP contribution in [0.15, 0.2) is 67.0 Å². The number of nitro benzene ring substituents is 1. The first kappa shape index (κ1) is 18.3. The molecule has 0 bridgehead atoms. The van der Waals surface area contributed by atoms with E-state index in [0.29, 0.717) is 28.2 Å². The largest absolute Gasteiger partial charge is 0.322 e. The maximum absolute atomic E-state index is 12.7. The summed E-state index contributed by atoms with van der Waals surface area (Å²) in [5.74, 6) is -0.326. The van der Waals surface area contributed by atoms with Crippen molar-refractivity contribution in [3.8, 4) is 11.3 Å². The predicted octanol–water partition coefficient (Wildman–Crippen LogP) is 4.12. The van der Waals surface area contributed by atoms with E-state index in [9.17, 15) is 14.9 Å². The van der Waals surface area contributed by atoms with Crippen LogP contribution in [0.3, 0.4) is 0 Å². The van der Waals surface area contributed by atoms with Crippen LogP contribution in [-0.2, 0) is 6.42 Å². The van der Waals surface area contributed by atoms with Gasteiger partial charge in [-0.1, -0.05) is 31.2 Å². The molecule has 0 aliphatic heterocycles. The monoisotopic (exact) mass is 387 g/mol. The lowest BCUT2D eigenvalue weighted by Gasteiger charge is -2.06. The summed E-state index contributed by atoms with van der Waals surface area (Å²) >= 11 is 0. The highest BCUT2D eigenvalue weighted by Gasteiger charge is 2.17.